The molecule has 4 atom stereocenters. The Balaban J connectivity index is 0.00000181. The number of piperidine rings is 1. The zero-order chi connectivity index (χ0) is 18.9. The van der Waals surface area contributed by atoms with Gasteiger partial charge >= 0.3 is 0 Å². The molecule has 2 aliphatic heterocycles. The van der Waals surface area contributed by atoms with Crippen LogP contribution in [0.5, 0.6) is 0 Å². The Hall–Kier alpha value is -1.06. The van der Waals surface area contributed by atoms with Crippen molar-refractivity contribution in [2.75, 3.05) is 0 Å². The van der Waals surface area contributed by atoms with E-state index in [0.717, 1.165) is 43.9 Å². The van der Waals surface area contributed by atoms with Crippen molar-refractivity contribution in [1.82, 2.24) is 10.6 Å². The Labute approximate surface area is 181 Å². The zero-order valence-corrected chi connectivity index (χ0v) is 18.4. The third-order valence-corrected chi connectivity index (χ3v) is 9.01. The van der Waals surface area contributed by atoms with Gasteiger partial charge in [0.2, 0.25) is 5.91 Å². The van der Waals surface area contributed by atoms with Gasteiger partial charge in [-0.2, -0.15) is 0 Å². The Bertz CT molecular complexity index is 765. The van der Waals surface area contributed by atoms with Crippen molar-refractivity contribution in [2.45, 2.75) is 94.7 Å². The fraction of sp³-hybridized carbons (Fsp3) is 0.720. The lowest BCUT2D eigenvalue weighted by atomic mass is 9.42. The molecule has 29 heavy (non-hydrogen) atoms. The largest absolute Gasteiger partial charge is 0.353 e. The second-order valence-corrected chi connectivity index (χ2v) is 11.2. The minimum absolute atomic E-state index is 0. The monoisotopic (exact) mass is 414 g/mol. The van der Waals surface area contributed by atoms with Crippen LogP contribution in [0, 0.1) is 24.2 Å². The van der Waals surface area contributed by atoms with Crippen LogP contribution < -0.4 is 10.6 Å². The average molecular weight is 415 g/mol. The molecule has 3 nitrogen and oxygen atoms in total. The molecule has 158 valence electrons. The summed E-state index contributed by atoms with van der Waals surface area (Å²) in [5, 5.41) is 7.29. The lowest BCUT2D eigenvalue weighted by Crippen LogP contribution is -2.60. The fourth-order valence-corrected chi connectivity index (χ4v) is 8.29. The summed E-state index contributed by atoms with van der Waals surface area (Å²) in [5.74, 6) is 1.90. The number of aryl methyl sites for hydroxylation is 1. The molecule has 6 bridgehead atoms. The molecule has 2 heterocycles. The van der Waals surface area contributed by atoms with Gasteiger partial charge < -0.3 is 10.6 Å². The molecule has 6 aliphatic rings. The highest BCUT2D eigenvalue weighted by atomic mass is 35.5. The molecule has 0 radical (unpaired) electrons. The van der Waals surface area contributed by atoms with Crippen LogP contribution in [-0.2, 0) is 10.2 Å². The number of amides is 1. The van der Waals surface area contributed by atoms with E-state index in [9.17, 15) is 4.79 Å². The lowest BCUT2D eigenvalue weighted by Gasteiger charge is -2.61. The minimum atomic E-state index is -0.0983. The van der Waals surface area contributed by atoms with E-state index in [0.29, 0.717) is 24.0 Å². The smallest absolute Gasteiger partial charge is 0.226 e. The number of fused-ring (bicyclic) bond motifs is 2. The predicted molar refractivity (Wildman–Crippen MR) is 118 cm³/mol. The van der Waals surface area contributed by atoms with Gasteiger partial charge in [-0.1, -0.05) is 29.8 Å². The first-order chi connectivity index (χ1) is 13.5. The van der Waals surface area contributed by atoms with E-state index in [-0.39, 0.29) is 23.2 Å². The van der Waals surface area contributed by atoms with Gasteiger partial charge in [0, 0.05) is 18.1 Å². The van der Waals surface area contributed by atoms with Gasteiger partial charge in [0.1, 0.15) is 0 Å². The molecule has 4 aliphatic carbocycles. The number of hydrogen-bond acceptors (Lipinski definition) is 2. The summed E-state index contributed by atoms with van der Waals surface area (Å²) in [6.45, 7) is 2.17. The second kappa shape index (κ2) is 6.99. The Morgan fingerprint density at radius 2 is 1.59 bits per heavy atom. The molecular weight excluding hydrogens is 380 g/mol. The normalized spacial score (nSPS) is 44.4. The summed E-state index contributed by atoms with van der Waals surface area (Å²) in [4.78, 5) is 13.7. The summed E-state index contributed by atoms with van der Waals surface area (Å²) >= 11 is 0. The number of halogens is 1. The Morgan fingerprint density at radius 1 is 0.966 bits per heavy atom. The van der Waals surface area contributed by atoms with Gasteiger partial charge in [-0.3, -0.25) is 4.79 Å². The van der Waals surface area contributed by atoms with E-state index in [1.54, 1.807) is 0 Å². The summed E-state index contributed by atoms with van der Waals surface area (Å²) in [5.41, 5.74) is 2.99. The Morgan fingerprint density at radius 3 is 2.21 bits per heavy atom. The molecule has 6 fully saturated rings. The van der Waals surface area contributed by atoms with Gasteiger partial charge in [-0.25, -0.2) is 0 Å². The van der Waals surface area contributed by atoms with Crippen molar-refractivity contribution in [2.24, 2.45) is 17.3 Å². The molecule has 2 N–H and O–H groups in total. The first-order valence-electron chi connectivity index (χ1n) is 11.7. The van der Waals surface area contributed by atoms with E-state index in [2.05, 4.69) is 41.8 Å². The van der Waals surface area contributed by atoms with Crippen molar-refractivity contribution >= 4 is 18.3 Å². The van der Waals surface area contributed by atoms with Crippen LogP contribution in [0.3, 0.4) is 0 Å². The Kier molecular flexibility index (Phi) is 4.79. The summed E-state index contributed by atoms with van der Waals surface area (Å²) < 4.78 is 0. The van der Waals surface area contributed by atoms with E-state index in [1.807, 2.05) is 0 Å². The molecule has 4 saturated carbocycles. The van der Waals surface area contributed by atoms with Gasteiger partial charge in [-0.05, 0) is 93.9 Å². The third-order valence-electron chi connectivity index (χ3n) is 9.01. The predicted octanol–water partition coefficient (Wildman–Crippen LogP) is 4.65. The number of carbonyl (C=O) groups is 1. The van der Waals surface area contributed by atoms with Crippen LogP contribution in [0.1, 0.15) is 75.3 Å². The van der Waals surface area contributed by atoms with E-state index in [4.69, 9.17) is 0 Å². The molecule has 0 aromatic heterocycles. The highest BCUT2D eigenvalue weighted by molar-refractivity contribution is 5.85. The van der Waals surface area contributed by atoms with Gasteiger partial charge in [0.15, 0.2) is 0 Å². The number of rotatable bonds is 3. The molecule has 2 saturated heterocycles. The van der Waals surface area contributed by atoms with E-state index >= 15 is 0 Å². The molecule has 1 aromatic carbocycles. The summed E-state index contributed by atoms with van der Waals surface area (Å²) in [6, 6.07) is 10.9. The molecule has 1 amide bonds. The van der Waals surface area contributed by atoms with Crippen molar-refractivity contribution in [3.8, 4) is 0 Å². The maximum Gasteiger partial charge on any atom is 0.226 e. The maximum absolute atomic E-state index is 13.7. The van der Waals surface area contributed by atoms with Gasteiger partial charge in [0.25, 0.3) is 0 Å². The van der Waals surface area contributed by atoms with Gasteiger partial charge in [-0.15, -0.1) is 12.4 Å². The maximum atomic E-state index is 13.7. The summed E-state index contributed by atoms with van der Waals surface area (Å²) in [7, 11) is 0. The molecule has 4 unspecified atom stereocenters. The van der Waals surface area contributed by atoms with Crippen molar-refractivity contribution < 1.29 is 4.79 Å². The van der Waals surface area contributed by atoms with Crippen LogP contribution in [-0.4, -0.2) is 24.0 Å². The minimum Gasteiger partial charge on any atom is -0.353 e. The summed E-state index contributed by atoms with van der Waals surface area (Å²) in [6.07, 6.45) is 12.2. The van der Waals surface area contributed by atoms with Crippen LogP contribution in [0.25, 0.3) is 0 Å². The van der Waals surface area contributed by atoms with Crippen LogP contribution in [0.15, 0.2) is 24.3 Å². The first kappa shape index (κ1) is 19.9. The van der Waals surface area contributed by atoms with Crippen molar-refractivity contribution in [3.63, 3.8) is 0 Å². The zero-order valence-electron chi connectivity index (χ0n) is 17.6. The van der Waals surface area contributed by atoms with Crippen molar-refractivity contribution in [3.05, 3.63) is 35.4 Å². The number of hydrogen-bond donors (Lipinski definition) is 2. The fourth-order valence-electron chi connectivity index (χ4n) is 8.29. The van der Waals surface area contributed by atoms with Crippen molar-refractivity contribution in [1.29, 1.82) is 0 Å². The van der Waals surface area contributed by atoms with Crippen LogP contribution >= 0.6 is 12.4 Å². The van der Waals surface area contributed by atoms with E-state index < -0.39 is 0 Å². The number of carbonyl (C=O) groups excluding carboxylic acids is 1. The SMILES string of the molecule is Cc1ccc(C23CC4CC(CC(C(=O)NC5CC6CCC(C5)N6)(C4)C2)C3)cc1.Cl. The molecule has 7 rings (SSSR count). The highest BCUT2D eigenvalue weighted by Crippen LogP contribution is 2.65. The molecule has 0 spiro atoms. The lowest BCUT2D eigenvalue weighted by molar-refractivity contribution is -0.150. The van der Waals surface area contributed by atoms with Crippen LogP contribution in [0.2, 0.25) is 0 Å². The van der Waals surface area contributed by atoms with Crippen LogP contribution in [0.4, 0.5) is 0 Å². The molecular formula is C25H35ClN2O. The van der Waals surface area contributed by atoms with Gasteiger partial charge in [0.05, 0.1) is 5.41 Å². The molecule has 1 aromatic rings. The van der Waals surface area contributed by atoms with E-state index in [1.165, 1.54) is 43.2 Å². The topological polar surface area (TPSA) is 41.1 Å². The number of nitrogens with one attached hydrogen (secondary N) is 2. The average Bonchev–Trinajstić information content (AvgIpc) is 2.99. The standard InChI is InChI=1S/C25H34N2O.ClH/c1-16-2-4-19(5-3-16)24-11-17-8-18(12-24)14-25(13-17,15-24)23(28)27-22-9-20-6-7-21(10-22)26-20;/h2-5,17-18,20-22,26H,6-15H2,1H3,(H,27,28);1H. The quantitative estimate of drug-likeness (QED) is 0.755. The molecule has 4 heteroatoms. The third kappa shape index (κ3) is 3.24. The second-order valence-electron chi connectivity index (χ2n) is 11.2. The number of benzene rings is 1. The first-order valence-corrected chi connectivity index (χ1v) is 11.7. The highest BCUT2D eigenvalue weighted by Gasteiger charge is 2.61.